The highest BCUT2D eigenvalue weighted by molar-refractivity contribution is 7.17. The molecule has 0 bridgehead atoms. The number of nitrogens with two attached hydrogens (primary N) is 1. The Kier molecular flexibility index (Phi) is 6.69. The molecular weight excluding hydrogens is 450 g/mol. The average Bonchev–Trinajstić information content (AvgIpc) is 3.20. The zero-order chi connectivity index (χ0) is 22.7. The SMILES string of the molecule is COC[C@@H]1C(=O)N(Cc2ccc3c(N)ncnc3c2)CCN1C(=O)C=Cc1ccc(Cl)s1. The Bertz CT molecular complexity index is 1180. The molecule has 10 heteroatoms. The predicted molar refractivity (Wildman–Crippen MR) is 125 cm³/mol. The number of fused-ring (bicyclic) bond motifs is 1. The molecule has 0 unspecified atom stereocenters. The third-order valence-electron chi connectivity index (χ3n) is 5.28. The molecule has 2 N–H and O–H groups in total. The maximum atomic E-state index is 13.2. The van der Waals surface area contributed by atoms with Crippen LogP contribution in [0.4, 0.5) is 5.82 Å². The van der Waals surface area contributed by atoms with Gasteiger partial charge in [0.15, 0.2) is 0 Å². The van der Waals surface area contributed by atoms with Crippen molar-refractivity contribution in [3.8, 4) is 0 Å². The second kappa shape index (κ2) is 9.64. The molecular formula is C22H22ClN5O3S. The first-order valence-corrected chi connectivity index (χ1v) is 11.2. The summed E-state index contributed by atoms with van der Waals surface area (Å²) in [6.07, 6.45) is 4.60. The van der Waals surface area contributed by atoms with Crippen molar-refractivity contribution in [2.45, 2.75) is 12.6 Å². The van der Waals surface area contributed by atoms with Gasteiger partial charge in [0, 0.05) is 43.1 Å². The first-order chi connectivity index (χ1) is 15.5. The Morgan fingerprint density at radius 2 is 2.16 bits per heavy atom. The first-order valence-electron chi connectivity index (χ1n) is 9.97. The fraction of sp³-hybridized carbons (Fsp3) is 0.273. The largest absolute Gasteiger partial charge is 0.383 e. The van der Waals surface area contributed by atoms with E-state index in [9.17, 15) is 9.59 Å². The highest BCUT2D eigenvalue weighted by Gasteiger charge is 2.36. The second-order valence-electron chi connectivity index (χ2n) is 7.35. The number of carbonyl (C=O) groups excluding carboxylic acids is 2. The van der Waals surface area contributed by atoms with Gasteiger partial charge in [0.1, 0.15) is 18.2 Å². The number of nitrogen functional groups attached to an aromatic ring is 1. The van der Waals surface area contributed by atoms with Crippen LogP contribution in [0.15, 0.2) is 42.7 Å². The molecule has 0 aliphatic carbocycles. The number of benzene rings is 1. The van der Waals surface area contributed by atoms with Crippen LogP contribution >= 0.6 is 22.9 Å². The van der Waals surface area contributed by atoms with E-state index < -0.39 is 6.04 Å². The third-order valence-corrected chi connectivity index (χ3v) is 6.48. The van der Waals surface area contributed by atoms with Crippen LogP contribution in [0.2, 0.25) is 4.34 Å². The molecule has 8 nitrogen and oxygen atoms in total. The van der Waals surface area contributed by atoms with Gasteiger partial charge in [0.2, 0.25) is 11.8 Å². The molecule has 3 heterocycles. The summed E-state index contributed by atoms with van der Waals surface area (Å²) >= 11 is 7.32. The zero-order valence-electron chi connectivity index (χ0n) is 17.4. The standard InChI is InChI=1S/C22H22ClN5O3S/c1-31-12-18-22(30)27(11-14-2-5-16-17(10-14)25-13-26-21(16)24)8-9-28(18)20(29)7-4-15-3-6-19(23)32-15/h2-7,10,13,18H,8-9,11-12H2,1H3,(H2,24,25,26)/t18-/m1/s1. The van der Waals surface area contributed by atoms with Crippen molar-refractivity contribution < 1.29 is 14.3 Å². The van der Waals surface area contributed by atoms with Gasteiger partial charge in [0.05, 0.1) is 16.5 Å². The molecule has 1 fully saturated rings. The molecule has 1 aromatic carbocycles. The summed E-state index contributed by atoms with van der Waals surface area (Å²) in [5, 5.41) is 0.772. The van der Waals surface area contributed by atoms with Gasteiger partial charge in [-0.25, -0.2) is 9.97 Å². The van der Waals surface area contributed by atoms with Crippen molar-refractivity contribution in [3.05, 3.63) is 57.5 Å². The number of anilines is 1. The fourth-order valence-electron chi connectivity index (χ4n) is 3.69. The van der Waals surface area contributed by atoms with Crippen molar-refractivity contribution in [1.29, 1.82) is 0 Å². The van der Waals surface area contributed by atoms with E-state index in [1.54, 1.807) is 21.9 Å². The van der Waals surface area contributed by atoms with Gasteiger partial charge >= 0.3 is 0 Å². The normalized spacial score (nSPS) is 16.9. The number of hydrogen-bond acceptors (Lipinski definition) is 7. The Balaban J connectivity index is 1.48. The Morgan fingerprint density at radius 1 is 1.31 bits per heavy atom. The van der Waals surface area contributed by atoms with E-state index in [0.717, 1.165) is 21.3 Å². The Labute approximate surface area is 194 Å². The number of rotatable bonds is 6. The van der Waals surface area contributed by atoms with Crippen molar-refractivity contribution in [3.63, 3.8) is 0 Å². The number of halogens is 1. The summed E-state index contributed by atoms with van der Waals surface area (Å²) in [6.45, 7) is 1.37. The molecule has 0 saturated carbocycles. The van der Waals surface area contributed by atoms with E-state index in [1.165, 1.54) is 30.8 Å². The van der Waals surface area contributed by atoms with Gasteiger partial charge in [-0.3, -0.25) is 9.59 Å². The van der Waals surface area contributed by atoms with Crippen LogP contribution in [-0.2, 0) is 20.9 Å². The molecule has 1 atom stereocenters. The smallest absolute Gasteiger partial charge is 0.248 e. The van der Waals surface area contributed by atoms with Crippen LogP contribution in [0.3, 0.4) is 0 Å². The summed E-state index contributed by atoms with van der Waals surface area (Å²) < 4.78 is 5.91. The highest BCUT2D eigenvalue weighted by Crippen LogP contribution is 2.23. The van der Waals surface area contributed by atoms with Gasteiger partial charge in [-0.05, 0) is 35.9 Å². The van der Waals surface area contributed by atoms with Crippen LogP contribution in [-0.4, -0.2) is 64.4 Å². The van der Waals surface area contributed by atoms with Crippen LogP contribution in [0, 0.1) is 0 Å². The number of piperazine rings is 1. The number of carbonyl (C=O) groups is 2. The fourth-order valence-corrected chi connectivity index (χ4v) is 4.65. The number of thiophene rings is 1. The average molecular weight is 472 g/mol. The lowest BCUT2D eigenvalue weighted by Gasteiger charge is -2.40. The van der Waals surface area contributed by atoms with Gasteiger partial charge < -0.3 is 20.3 Å². The number of hydrogen-bond donors (Lipinski definition) is 1. The number of ether oxygens (including phenoxy) is 1. The lowest BCUT2D eigenvalue weighted by molar-refractivity contribution is -0.152. The molecule has 0 radical (unpaired) electrons. The van der Waals surface area contributed by atoms with Crippen molar-refractivity contribution in [2.75, 3.05) is 32.5 Å². The minimum Gasteiger partial charge on any atom is -0.383 e. The first kappa shape index (κ1) is 22.2. The summed E-state index contributed by atoms with van der Waals surface area (Å²) in [5.41, 5.74) is 7.54. The molecule has 2 aromatic heterocycles. The molecule has 2 amide bonds. The third kappa shape index (κ3) is 4.74. The zero-order valence-corrected chi connectivity index (χ0v) is 19.0. The van der Waals surface area contributed by atoms with Crippen molar-refractivity contribution in [2.24, 2.45) is 0 Å². The molecule has 1 aliphatic heterocycles. The number of nitrogens with zero attached hydrogens (tertiary/aromatic N) is 4. The highest BCUT2D eigenvalue weighted by atomic mass is 35.5. The summed E-state index contributed by atoms with van der Waals surface area (Å²) in [7, 11) is 1.52. The van der Waals surface area contributed by atoms with E-state index in [-0.39, 0.29) is 18.4 Å². The maximum absolute atomic E-state index is 13.2. The molecule has 4 rings (SSSR count). The minimum absolute atomic E-state index is 0.126. The van der Waals surface area contributed by atoms with Gasteiger partial charge in [-0.2, -0.15) is 0 Å². The number of aromatic nitrogens is 2. The monoisotopic (exact) mass is 471 g/mol. The van der Waals surface area contributed by atoms with Gasteiger partial charge in [-0.1, -0.05) is 17.7 Å². The molecule has 1 saturated heterocycles. The lowest BCUT2D eigenvalue weighted by atomic mass is 10.1. The van der Waals surface area contributed by atoms with E-state index in [4.69, 9.17) is 22.1 Å². The van der Waals surface area contributed by atoms with E-state index in [1.807, 2.05) is 24.3 Å². The summed E-state index contributed by atoms with van der Waals surface area (Å²) in [6, 6.07) is 8.61. The number of methoxy groups -OCH3 is 1. The molecule has 3 aromatic rings. The predicted octanol–water partition coefficient (Wildman–Crippen LogP) is 2.83. The lowest BCUT2D eigenvalue weighted by Crippen LogP contribution is -2.59. The molecule has 1 aliphatic rings. The topological polar surface area (TPSA) is 102 Å². The Hall–Kier alpha value is -3.01. The van der Waals surface area contributed by atoms with Crippen molar-refractivity contribution in [1.82, 2.24) is 19.8 Å². The van der Waals surface area contributed by atoms with Crippen LogP contribution in [0.25, 0.3) is 17.0 Å². The van der Waals surface area contributed by atoms with Crippen molar-refractivity contribution >= 4 is 57.5 Å². The van der Waals surface area contributed by atoms with E-state index in [0.29, 0.717) is 29.8 Å². The minimum atomic E-state index is -0.684. The van der Waals surface area contributed by atoms with Gasteiger partial charge in [0.25, 0.3) is 0 Å². The molecule has 32 heavy (non-hydrogen) atoms. The second-order valence-corrected chi connectivity index (χ2v) is 9.09. The molecule has 166 valence electrons. The maximum Gasteiger partial charge on any atom is 0.248 e. The molecule has 0 spiro atoms. The van der Waals surface area contributed by atoms with E-state index in [2.05, 4.69) is 9.97 Å². The van der Waals surface area contributed by atoms with Crippen LogP contribution in [0.5, 0.6) is 0 Å². The number of amides is 2. The summed E-state index contributed by atoms with van der Waals surface area (Å²) in [4.78, 5) is 38.4. The van der Waals surface area contributed by atoms with Gasteiger partial charge in [-0.15, -0.1) is 11.3 Å². The Morgan fingerprint density at radius 3 is 2.91 bits per heavy atom. The summed E-state index contributed by atoms with van der Waals surface area (Å²) in [5.74, 6) is 0.0338. The van der Waals surface area contributed by atoms with E-state index >= 15 is 0 Å². The quantitative estimate of drug-likeness (QED) is 0.555. The van der Waals surface area contributed by atoms with Crippen LogP contribution < -0.4 is 5.73 Å². The van der Waals surface area contributed by atoms with Crippen LogP contribution in [0.1, 0.15) is 10.4 Å².